The van der Waals surface area contributed by atoms with Crippen molar-refractivity contribution in [2.24, 2.45) is 0 Å². The van der Waals surface area contributed by atoms with Crippen LogP contribution in [-0.2, 0) is 18.1 Å². The van der Waals surface area contributed by atoms with Crippen molar-refractivity contribution in [3.63, 3.8) is 0 Å². The van der Waals surface area contributed by atoms with Crippen molar-refractivity contribution in [1.82, 2.24) is 4.90 Å². The summed E-state index contributed by atoms with van der Waals surface area (Å²) >= 11 is 7.27. The first-order valence-corrected chi connectivity index (χ1v) is 8.28. The first kappa shape index (κ1) is 14.5. The molecular formula is C21H18ClN. The van der Waals surface area contributed by atoms with Crippen molar-refractivity contribution < 1.29 is 0 Å². The van der Waals surface area contributed by atoms with Crippen LogP contribution in [0.1, 0.15) is 22.3 Å². The second-order valence-corrected chi connectivity index (χ2v) is 6.53. The molecule has 0 fully saturated rings. The van der Waals surface area contributed by atoms with Crippen molar-refractivity contribution in [3.05, 3.63) is 107 Å². The molecule has 1 heterocycles. The predicted octanol–water partition coefficient (Wildman–Crippen LogP) is 5.14. The summed E-state index contributed by atoms with van der Waals surface area (Å²) < 4.78 is 0. The smallest absolute Gasteiger partial charge is 0.148 e. The third-order valence-corrected chi connectivity index (χ3v) is 5.20. The Morgan fingerprint density at radius 1 is 0.783 bits per heavy atom. The van der Waals surface area contributed by atoms with Gasteiger partial charge >= 0.3 is 0 Å². The Labute approximate surface area is 142 Å². The Morgan fingerprint density at radius 3 is 2.13 bits per heavy atom. The van der Waals surface area contributed by atoms with Gasteiger partial charge in [0.1, 0.15) is 5.00 Å². The fourth-order valence-electron chi connectivity index (χ4n) is 3.43. The van der Waals surface area contributed by atoms with Crippen LogP contribution < -0.4 is 0 Å². The molecule has 0 spiro atoms. The molecule has 0 radical (unpaired) electrons. The van der Waals surface area contributed by atoms with Crippen LogP contribution in [0.2, 0.25) is 0 Å². The monoisotopic (exact) mass is 319 g/mol. The molecule has 4 rings (SSSR count). The predicted molar refractivity (Wildman–Crippen MR) is 95.2 cm³/mol. The fraction of sp³-hybridized carbons (Fsp3) is 0.143. The molecule has 1 unspecified atom stereocenters. The molecule has 2 heteroatoms. The lowest BCUT2D eigenvalue weighted by Crippen LogP contribution is -2.36. The molecular weight excluding hydrogens is 302 g/mol. The zero-order valence-electron chi connectivity index (χ0n) is 12.8. The van der Waals surface area contributed by atoms with Crippen LogP contribution in [0.3, 0.4) is 0 Å². The summed E-state index contributed by atoms with van der Waals surface area (Å²) in [7, 11) is 0. The van der Waals surface area contributed by atoms with Crippen molar-refractivity contribution in [1.29, 1.82) is 0 Å². The summed E-state index contributed by atoms with van der Waals surface area (Å²) in [6.07, 6.45) is 0. The van der Waals surface area contributed by atoms with E-state index < -0.39 is 5.00 Å². The molecule has 0 N–H and O–H groups in total. The van der Waals surface area contributed by atoms with Gasteiger partial charge in [-0.3, -0.25) is 4.90 Å². The summed E-state index contributed by atoms with van der Waals surface area (Å²) in [6.45, 7) is 1.69. The SMILES string of the molecule is ClC1(c2ccccc2)c2ccccc2CN1Cc1ccccc1. The lowest BCUT2D eigenvalue weighted by atomic mass is 9.97. The Morgan fingerprint density at radius 2 is 1.39 bits per heavy atom. The van der Waals surface area contributed by atoms with Crippen LogP contribution in [0.4, 0.5) is 0 Å². The number of fused-ring (bicyclic) bond motifs is 1. The first-order valence-electron chi connectivity index (χ1n) is 7.90. The number of nitrogens with zero attached hydrogens (tertiary/aromatic N) is 1. The number of rotatable bonds is 3. The molecule has 1 nitrogen and oxygen atoms in total. The minimum atomic E-state index is -0.603. The number of hydrogen-bond donors (Lipinski definition) is 0. The van der Waals surface area contributed by atoms with E-state index in [0.717, 1.165) is 18.7 Å². The minimum Gasteiger partial charge on any atom is -0.269 e. The molecule has 0 saturated heterocycles. The maximum atomic E-state index is 7.27. The minimum absolute atomic E-state index is 0.603. The summed E-state index contributed by atoms with van der Waals surface area (Å²) in [5.74, 6) is 0. The van der Waals surface area contributed by atoms with Crippen molar-refractivity contribution in [2.45, 2.75) is 18.1 Å². The Hall–Kier alpha value is -2.09. The summed E-state index contributed by atoms with van der Waals surface area (Å²) in [6, 6.07) is 29.4. The molecule has 0 bridgehead atoms. The van der Waals surface area contributed by atoms with E-state index in [1.165, 1.54) is 16.7 Å². The topological polar surface area (TPSA) is 3.24 Å². The van der Waals surface area contributed by atoms with E-state index in [4.69, 9.17) is 11.6 Å². The van der Waals surface area contributed by atoms with E-state index in [2.05, 4.69) is 77.7 Å². The molecule has 1 atom stereocenters. The van der Waals surface area contributed by atoms with Gasteiger partial charge in [-0.15, -0.1) is 0 Å². The molecule has 0 aromatic heterocycles. The van der Waals surface area contributed by atoms with Gasteiger partial charge in [0.25, 0.3) is 0 Å². The Balaban J connectivity index is 1.80. The summed E-state index contributed by atoms with van der Waals surface area (Å²) in [5, 5.41) is 0. The molecule has 3 aromatic carbocycles. The van der Waals surface area contributed by atoms with Crippen molar-refractivity contribution in [2.75, 3.05) is 0 Å². The van der Waals surface area contributed by atoms with Crippen LogP contribution in [-0.4, -0.2) is 4.90 Å². The maximum Gasteiger partial charge on any atom is 0.148 e. The van der Waals surface area contributed by atoms with Crippen molar-refractivity contribution >= 4 is 11.6 Å². The number of hydrogen-bond acceptors (Lipinski definition) is 1. The molecule has 23 heavy (non-hydrogen) atoms. The first-order chi connectivity index (χ1) is 11.3. The van der Waals surface area contributed by atoms with Crippen molar-refractivity contribution in [3.8, 4) is 0 Å². The van der Waals surface area contributed by atoms with Crippen LogP contribution in [0.25, 0.3) is 0 Å². The average Bonchev–Trinajstić information content (AvgIpc) is 2.90. The number of benzene rings is 3. The highest BCUT2D eigenvalue weighted by Crippen LogP contribution is 2.48. The molecule has 0 saturated carbocycles. The lowest BCUT2D eigenvalue weighted by Gasteiger charge is -2.34. The zero-order chi connectivity index (χ0) is 15.7. The van der Waals surface area contributed by atoms with E-state index in [9.17, 15) is 0 Å². The van der Waals surface area contributed by atoms with Gasteiger partial charge in [-0.1, -0.05) is 96.5 Å². The normalized spacial score (nSPS) is 20.4. The highest BCUT2D eigenvalue weighted by atomic mass is 35.5. The van der Waals surface area contributed by atoms with Gasteiger partial charge in [0, 0.05) is 13.1 Å². The largest absolute Gasteiger partial charge is 0.269 e. The van der Waals surface area contributed by atoms with E-state index in [-0.39, 0.29) is 0 Å². The van der Waals surface area contributed by atoms with Crippen LogP contribution in [0.15, 0.2) is 84.9 Å². The molecule has 3 aromatic rings. The van der Waals surface area contributed by atoms with E-state index in [0.29, 0.717) is 0 Å². The third-order valence-electron chi connectivity index (χ3n) is 4.54. The molecule has 114 valence electrons. The number of halogens is 1. The Kier molecular flexibility index (Phi) is 3.68. The van der Waals surface area contributed by atoms with Crippen LogP contribution >= 0.6 is 11.6 Å². The van der Waals surface area contributed by atoms with Crippen LogP contribution in [0, 0.1) is 0 Å². The average molecular weight is 320 g/mol. The summed E-state index contributed by atoms with van der Waals surface area (Å²) in [5.41, 5.74) is 4.91. The second-order valence-electron chi connectivity index (χ2n) is 5.99. The van der Waals surface area contributed by atoms with E-state index in [1.54, 1.807) is 0 Å². The van der Waals surface area contributed by atoms with E-state index >= 15 is 0 Å². The standard InChI is InChI=1S/C21H18ClN/c22-21(19-12-5-2-6-13-19)20-14-8-7-11-18(20)16-23(21)15-17-9-3-1-4-10-17/h1-14H,15-16H2. The fourth-order valence-corrected chi connectivity index (χ4v) is 3.86. The third kappa shape index (κ3) is 2.46. The number of alkyl halides is 1. The van der Waals surface area contributed by atoms with Gasteiger partial charge < -0.3 is 0 Å². The molecule has 1 aliphatic heterocycles. The quantitative estimate of drug-likeness (QED) is 0.477. The lowest BCUT2D eigenvalue weighted by molar-refractivity contribution is 0.201. The highest BCUT2D eigenvalue weighted by Gasteiger charge is 2.44. The molecule has 0 aliphatic carbocycles. The highest BCUT2D eigenvalue weighted by molar-refractivity contribution is 6.26. The van der Waals surface area contributed by atoms with Gasteiger partial charge in [-0.05, 0) is 22.3 Å². The Bertz CT molecular complexity index is 800. The van der Waals surface area contributed by atoms with Crippen LogP contribution in [0.5, 0.6) is 0 Å². The van der Waals surface area contributed by atoms with Gasteiger partial charge in [0.05, 0.1) is 0 Å². The maximum absolute atomic E-state index is 7.27. The zero-order valence-corrected chi connectivity index (χ0v) is 13.6. The van der Waals surface area contributed by atoms with Gasteiger partial charge in [0.2, 0.25) is 0 Å². The second kappa shape index (κ2) is 5.84. The van der Waals surface area contributed by atoms with Gasteiger partial charge in [-0.2, -0.15) is 0 Å². The summed E-state index contributed by atoms with van der Waals surface area (Å²) in [4.78, 5) is 1.75. The van der Waals surface area contributed by atoms with Gasteiger partial charge in [0.15, 0.2) is 0 Å². The van der Waals surface area contributed by atoms with E-state index in [1.807, 2.05) is 12.1 Å². The van der Waals surface area contributed by atoms with Gasteiger partial charge in [-0.25, -0.2) is 0 Å². The molecule has 1 aliphatic rings. The molecule has 0 amide bonds.